The first-order chi connectivity index (χ1) is 22.8. The van der Waals surface area contributed by atoms with Gasteiger partial charge in [0.15, 0.2) is 0 Å². The molecule has 2 aromatic carbocycles. The molecule has 16 nitrogen and oxygen atoms in total. The third kappa shape index (κ3) is 16.0. The Morgan fingerprint density at radius 1 is 0.542 bits per heavy atom. The second-order valence-electron chi connectivity index (χ2n) is 11.1. The van der Waals surface area contributed by atoms with E-state index >= 15 is 0 Å². The highest BCUT2D eigenvalue weighted by molar-refractivity contribution is 5.93. The van der Waals surface area contributed by atoms with E-state index in [1.165, 1.54) is 0 Å². The highest BCUT2D eigenvalue weighted by Gasteiger charge is 2.22. The number of nitrogens with two attached hydrogens (primary N) is 1. The van der Waals surface area contributed by atoms with Gasteiger partial charge in [-0.25, -0.2) is 0 Å². The molecule has 8 amide bonds. The molecule has 48 heavy (non-hydrogen) atoms. The van der Waals surface area contributed by atoms with Crippen LogP contribution in [0.15, 0.2) is 54.6 Å². The van der Waals surface area contributed by atoms with Crippen molar-refractivity contribution in [2.24, 2.45) is 11.7 Å². The number of rotatable bonds is 19. The van der Waals surface area contributed by atoms with E-state index in [0.29, 0.717) is 0 Å². The van der Waals surface area contributed by atoms with Gasteiger partial charge in [-0.15, -0.1) is 0 Å². The Balaban J connectivity index is 1.76. The maximum absolute atomic E-state index is 13.0. The van der Waals surface area contributed by atoms with E-state index in [9.17, 15) is 38.4 Å². The van der Waals surface area contributed by atoms with Crippen LogP contribution < -0.4 is 43.0 Å². The number of hydrogen-bond donors (Lipinski definition) is 8. The van der Waals surface area contributed by atoms with E-state index in [2.05, 4.69) is 37.2 Å². The highest BCUT2D eigenvalue weighted by atomic mass is 16.2. The molecule has 1 atom stereocenters. The molecule has 2 rings (SSSR count). The summed E-state index contributed by atoms with van der Waals surface area (Å²) >= 11 is 0. The molecule has 9 N–H and O–H groups in total. The number of carbonyl (C=O) groups excluding carboxylic acids is 8. The van der Waals surface area contributed by atoms with Crippen LogP contribution in [0.5, 0.6) is 0 Å². The number of benzene rings is 2. The molecular weight excluding hydrogens is 624 g/mol. The van der Waals surface area contributed by atoms with Crippen molar-refractivity contribution in [3.63, 3.8) is 0 Å². The predicted octanol–water partition coefficient (Wildman–Crippen LogP) is -2.39. The lowest BCUT2D eigenvalue weighted by Crippen LogP contribution is -2.51. The minimum atomic E-state index is -0.950. The summed E-state index contributed by atoms with van der Waals surface area (Å²) in [6, 6.07) is 16.4. The monoisotopic (exact) mass is 666 g/mol. The van der Waals surface area contributed by atoms with Gasteiger partial charge < -0.3 is 43.0 Å². The molecule has 0 aliphatic heterocycles. The standard InChI is InChI=1S/C32H42N8O8/c1-20(2)12-26(42)40-24(13-21-8-10-23(11-9-21)22-6-4-3-5-7-22)32(48)39-19-31(47)38-18-30(46)37-17-29(45)36-16-28(44)35-15-27(43)34-14-25(33)41/h3-11,20,24H,12-19H2,1-2H3,(H2,33,41)(H,34,43)(H,35,44)(H,36,45)(H,37,46)(H,38,47)(H,39,48)(H,40,42)/t24-/m0/s1. The first-order valence-corrected chi connectivity index (χ1v) is 15.2. The van der Waals surface area contributed by atoms with Crippen molar-refractivity contribution in [2.45, 2.75) is 32.7 Å². The Morgan fingerprint density at radius 3 is 1.40 bits per heavy atom. The first-order valence-electron chi connectivity index (χ1n) is 15.2. The minimum absolute atomic E-state index is 0.0719. The summed E-state index contributed by atoms with van der Waals surface area (Å²) in [6.07, 6.45) is 0.403. The Labute approximate surface area is 277 Å². The zero-order valence-corrected chi connectivity index (χ0v) is 26.9. The maximum atomic E-state index is 13.0. The van der Waals surface area contributed by atoms with Gasteiger partial charge in [0, 0.05) is 12.8 Å². The van der Waals surface area contributed by atoms with Crippen LogP contribution in [0.4, 0.5) is 0 Å². The number of carbonyl (C=O) groups is 8. The van der Waals surface area contributed by atoms with Crippen molar-refractivity contribution in [3.8, 4) is 11.1 Å². The number of amides is 8. The summed E-state index contributed by atoms with van der Waals surface area (Å²) in [4.78, 5) is 95.5. The van der Waals surface area contributed by atoms with Crippen LogP contribution in [0.25, 0.3) is 11.1 Å². The summed E-state index contributed by atoms with van der Waals surface area (Å²) in [6.45, 7) is 1.00. The van der Waals surface area contributed by atoms with E-state index in [-0.39, 0.29) is 31.2 Å². The third-order valence-electron chi connectivity index (χ3n) is 6.41. The first kappa shape index (κ1) is 38.4. The lowest BCUT2D eigenvalue weighted by Gasteiger charge is -2.19. The number of nitrogens with one attached hydrogen (secondary N) is 7. The van der Waals surface area contributed by atoms with Gasteiger partial charge in [0.25, 0.3) is 0 Å². The van der Waals surface area contributed by atoms with Crippen LogP contribution >= 0.6 is 0 Å². The Morgan fingerprint density at radius 2 is 0.958 bits per heavy atom. The van der Waals surface area contributed by atoms with E-state index < -0.39 is 80.1 Å². The molecule has 16 heteroatoms. The molecule has 0 aliphatic rings. The Hall–Kier alpha value is -5.80. The Kier molecular flexibility index (Phi) is 16.3. The van der Waals surface area contributed by atoms with Crippen molar-refractivity contribution in [1.82, 2.24) is 37.2 Å². The molecule has 258 valence electrons. The molecule has 0 heterocycles. The lowest BCUT2D eigenvalue weighted by atomic mass is 10.00. The Bertz CT molecular complexity index is 1450. The zero-order valence-electron chi connectivity index (χ0n) is 26.9. The van der Waals surface area contributed by atoms with Gasteiger partial charge in [-0.05, 0) is 22.6 Å². The van der Waals surface area contributed by atoms with Gasteiger partial charge >= 0.3 is 0 Å². The summed E-state index contributed by atoms with van der Waals surface area (Å²) in [5.41, 5.74) is 7.73. The van der Waals surface area contributed by atoms with Crippen LogP contribution in [-0.2, 0) is 44.8 Å². The van der Waals surface area contributed by atoms with Crippen molar-refractivity contribution in [1.29, 1.82) is 0 Å². The van der Waals surface area contributed by atoms with Crippen LogP contribution in [0.2, 0.25) is 0 Å². The van der Waals surface area contributed by atoms with E-state index in [1.54, 1.807) is 0 Å². The van der Waals surface area contributed by atoms with Crippen LogP contribution in [-0.4, -0.2) is 92.6 Å². The van der Waals surface area contributed by atoms with Crippen molar-refractivity contribution in [3.05, 3.63) is 60.2 Å². The zero-order chi connectivity index (χ0) is 35.5. The summed E-state index contributed by atoms with van der Waals surface area (Å²) < 4.78 is 0. The van der Waals surface area contributed by atoms with Crippen LogP contribution in [0, 0.1) is 5.92 Å². The molecule has 0 bridgehead atoms. The van der Waals surface area contributed by atoms with Crippen molar-refractivity contribution in [2.75, 3.05) is 39.3 Å². The minimum Gasteiger partial charge on any atom is -0.368 e. The molecule has 0 spiro atoms. The largest absolute Gasteiger partial charge is 0.368 e. The molecule has 0 fully saturated rings. The fraction of sp³-hybridized carbons (Fsp3) is 0.375. The summed E-state index contributed by atoms with van der Waals surface area (Å²) in [7, 11) is 0. The van der Waals surface area contributed by atoms with Gasteiger partial charge in [-0.3, -0.25) is 38.4 Å². The van der Waals surface area contributed by atoms with Gasteiger partial charge in [0.1, 0.15) is 6.04 Å². The van der Waals surface area contributed by atoms with Gasteiger partial charge in [0.05, 0.1) is 39.3 Å². The molecule has 0 unspecified atom stereocenters. The second-order valence-corrected chi connectivity index (χ2v) is 11.1. The average Bonchev–Trinajstić information content (AvgIpc) is 3.05. The fourth-order valence-corrected chi connectivity index (χ4v) is 4.04. The van der Waals surface area contributed by atoms with E-state index in [4.69, 9.17) is 5.73 Å². The van der Waals surface area contributed by atoms with Gasteiger partial charge in [-0.1, -0.05) is 68.4 Å². The predicted molar refractivity (Wildman–Crippen MR) is 174 cm³/mol. The lowest BCUT2D eigenvalue weighted by molar-refractivity contribution is -0.131. The van der Waals surface area contributed by atoms with Crippen molar-refractivity contribution >= 4 is 47.3 Å². The third-order valence-corrected chi connectivity index (χ3v) is 6.41. The smallest absolute Gasteiger partial charge is 0.243 e. The van der Waals surface area contributed by atoms with E-state index in [1.807, 2.05) is 68.4 Å². The quantitative estimate of drug-likeness (QED) is 0.0802. The summed E-state index contributed by atoms with van der Waals surface area (Å²) in [5, 5.41) is 16.4. The number of hydrogen-bond acceptors (Lipinski definition) is 8. The van der Waals surface area contributed by atoms with E-state index in [0.717, 1.165) is 16.7 Å². The molecule has 0 radical (unpaired) electrons. The molecule has 2 aromatic rings. The van der Waals surface area contributed by atoms with Crippen LogP contribution in [0.3, 0.4) is 0 Å². The fourth-order valence-electron chi connectivity index (χ4n) is 4.04. The maximum Gasteiger partial charge on any atom is 0.243 e. The average molecular weight is 667 g/mol. The SMILES string of the molecule is CC(C)CC(=O)N[C@@H](Cc1ccc(-c2ccccc2)cc1)C(=O)NCC(=O)NCC(=O)NCC(=O)NCC(=O)NCC(=O)NCC(N)=O. The molecule has 0 saturated heterocycles. The molecule has 0 saturated carbocycles. The molecular formula is C32H42N8O8. The second kappa shape index (κ2) is 20.3. The topological polar surface area (TPSA) is 247 Å². The number of primary amides is 1. The molecule has 0 aliphatic carbocycles. The highest BCUT2D eigenvalue weighted by Crippen LogP contribution is 2.19. The van der Waals surface area contributed by atoms with Crippen LogP contribution in [0.1, 0.15) is 25.8 Å². The summed E-state index contributed by atoms with van der Waals surface area (Å²) in [5.74, 6) is -5.01. The van der Waals surface area contributed by atoms with Crippen molar-refractivity contribution < 1.29 is 38.4 Å². The van der Waals surface area contributed by atoms with Gasteiger partial charge in [-0.2, -0.15) is 0 Å². The van der Waals surface area contributed by atoms with Gasteiger partial charge in [0.2, 0.25) is 47.3 Å². The normalized spacial score (nSPS) is 11.0. The molecule has 0 aromatic heterocycles.